The van der Waals surface area contributed by atoms with Gasteiger partial charge in [0.1, 0.15) is 0 Å². The Morgan fingerprint density at radius 3 is 2.50 bits per heavy atom. The molecule has 1 aromatic rings. The molecule has 0 unspecified atom stereocenters. The van der Waals surface area contributed by atoms with E-state index in [1.54, 1.807) is 0 Å². The summed E-state index contributed by atoms with van der Waals surface area (Å²) in [6, 6.07) is 0. The second-order valence-electron chi connectivity index (χ2n) is 5.24. The van der Waals surface area contributed by atoms with Crippen LogP contribution in [0.3, 0.4) is 0 Å². The van der Waals surface area contributed by atoms with Gasteiger partial charge in [0.25, 0.3) is 0 Å². The maximum absolute atomic E-state index is 12.1. The number of hydrogen-bond acceptors (Lipinski definition) is 3. The average molecular weight is 278 g/mol. The van der Waals surface area contributed by atoms with Crippen LogP contribution in [0.2, 0.25) is 0 Å². The molecule has 5 heteroatoms. The van der Waals surface area contributed by atoms with Gasteiger partial charge in [-0.3, -0.25) is 9.59 Å². The minimum Gasteiger partial charge on any atom is -0.378 e. The summed E-state index contributed by atoms with van der Waals surface area (Å²) >= 11 is 0. The zero-order chi connectivity index (χ0) is 14.7. The van der Waals surface area contributed by atoms with Gasteiger partial charge in [-0.05, 0) is 31.4 Å². The summed E-state index contributed by atoms with van der Waals surface area (Å²) in [5, 5.41) is 0. The summed E-state index contributed by atoms with van der Waals surface area (Å²) in [6.45, 7) is 6.57. The quantitative estimate of drug-likeness (QED) is 0.779. The van der Waals surface area contributed by atoms with Crippen LogP contribution >= 0.6 is 0 Å². The number of nitrogens with zero attached hydrogens (tertiary/aromatic N) is 2. The highest BCUT2D eigenvalue weighted by atomic mass is 16.5. The molecule has 5 nitrogen and oxygen atoms in total. The van der Waals surface area contributed by atoms with Crippen LogP contribution in [0, 0.1) is 13.8 Å². The monoisotopic (exact) mass is 278 g/mol. The highest BCUT2D eigenvalue weighted by molar-refractivity contribution is 5.78. The van der Waals surface area contributed by atoms with Crippen molar-refractivity contribution in [1.29, 1.82) is 0 Å². The van der Waals surface area contributed by atoms with Crippen LogP contribution in [0.15, 0.2) is 0 Å². The molecule has 0 aliphatic carbocycles. The molecule has 0 bridgehead atoms. The second-order valence-corrected chi connectivity index (χ2v) is 5.24. The van der Waals surface area contributed by atoms with Gasteiger partial charge in [0.15, 0.2) is 6.29 Å². The molecule has 2 rings (SSSR count). The number of ether oxygens (including phenoxy) is 1. The lowest BCUT2D eigenvalue weighted by Crippen LogP contribution is -2.40. The molecule has 0 atom stereocenters. The topological polar surface area (TPSA) is 51.5 Å². The molecule has 1 fully saturated rings. The molecule has 1 amide bonds. The first kappa shape index (κ1) is 14.8. The van der Waals surface area contributed by atoms with E-state index in [0.29, 0.717) is 44.8 Å². The molecule has 0 radical (unpaired) electrons. The van der Waals surface area contributed by atoms with Crippen molar-refractivity contribution in [2.24, 2.45) is 7.05 Å². The van der Waals surface area contributed by atoms with Crippen LogP contribution in [0.25, 0.3) is 0 Å². The minimum atomic E-state index is 0.170. The Kier molecular flexibility index (Phi) is 4.60. The van der Waals surface area contributed by atoms with Gasteiger partial charge in [0.2, 0.25) is 5.91 Å². The molecular formula is C15H22N2O3. The summed E-state index contributed by atoms with van der Waals surface area (Å²) in [6.07, 6.45) is 2.06. The van der Waals surface area contributed by atoms with Gasteiger partial charge in [-0.1, -0.05) is 0 Å². The Labute approximate surface area is 119 Å². The molecule has 1 aliphatic heterocycles. The van der Waals surface area contributed by atoms with Gasteiger partial charge in [-0.25, -0.2) is 0 Å². The van der Waals surface area contributed by atoms with Crippen LogP contribution < -0.4 is 0 Å². The van der Waals surface area contributed by atoms with Crippen molar-refractivity contribution in [3.05, 3.63) is 22.5 Å². The van der Waals surface area contributed by atoms with Crippen molar-refractivity contribution >= 4 is 12.2 Å². The van der Waals surface area contributed by atoms with Crippen LogP contribution in [0.1, 0.15) is 33.7 Å². The molecule has 0 aromatic carbocycles. The highest BCUT2D eigenvalue weighted by Gasteiger charge is 2.19. The SMILES string of the molecule is Cc1c(CCC(=O)N2CCOCC2)c(C)n(C)c1C=O. The first-order chi connectivity index (χ1) is 9.56. The fraction of sp³-hybridized carbons (Fsp3) is 0.600. The molecule has 1 aromatic heterocycles. The van der Waals surface area contributed by atoms with Crippen LogP contribution in [-0.2, 0) is 23.0 Å². The van der Waals surface area contributed by atoms with E-state index >= 15 is 0 Å². The van der Waals surface area contributed by atoms with Crippen LogP contribution in [0.5, 0.6) is 0 Å². The van der Waals surface area contributed by atoms with Crippen molar-refractivity contribution in [2.45, 2.75) is 26.7 Å². The fourth-order valence-electron chi connectivity index (χ4n) is 2.80. The van der Waals surface area contributed by atoms with E-state index in [1.165, 1.54) is 0 Å². The number of morpholine rings is 1. The Morgan fingerprint density at radius 2 is 1.95 bits per heavy atom. The van der Waals surface area contributed by atoms with Crippen LogP contribution in [0.4, 0.5) is 0 Å². The van der Waals surface area contributed by atoms with E-state index < -0.39 is 0 Å². The normalized spacial score (nSPS) is 15.4. The molecule has 0 N–H and O–H groups in total. The van der Waals surface area contributed by atoms with Crippen LogP contribution in [-0.4, -0.2) is 48.0 Å². The molecule has 0 spiro atoms. The van der Waals surface area contributed by atoms with Gasteiger partial charge in [-0.15, -0.1) is 0 Å². The molecular weight excluding hydrogens is 256 g/mol. The maximum Gasteiger partial charge on any atom is 0.223 e. The summed E-state index contributed by atoms with van der Waals surface area (Å²) in [7, 11) is 1.89. The van der Waals surface area contributed by atoms with E-state index in [4.69, 9.17) is 4.74 Å². The van der Waals surface area contributed by atoms with E-state index in [1.807, 2.05) is 30.4 Å². The summed E-state index contributed by atoms with van der Waals surface area (Å²) in [5.41, 5.74) is 3.89. The van der Waals surface area contributed by atoms with Crippen molar-refractivity contribution in [2.75, 3.05) is 26.3 Å². The van der Waals surface area contributed by atoms with Gasteiger partial charge in [-0.2, -0.15) is 0 Å². The Hall–Kier alpha value is -1.62. The molecule has 0 saturated carbocycles. The molecule has 1 saturated heterocycles. The smallest absolute Gasteiger partial charge is 0.223 e. The second kappa shape index (κ2) is 6.22. The lowest BCUT2D eigenvalue weighted by molar-refractivity contribution is -0.135. The number of carbonyl (C=O) groups excluding carboxylic acids is 2. The van der Waals surface area contributed by atoms with E-state index in [-0.39, 0.29) is 5.91 Å². The minimum absolute atomic E-state index is 0.170. The Morgan fingerprint density at radius 1 is 1.30 bits per heavy atom. The number of aromatic nitrogens is 1. The third-order valence-corrected chi connectivity index (χ3v) is 4.20. The first-order valence-corrected chi connectivity index (χ1v) is 7.01. The lowest BCUT2D eigenvalue weighted by atomic mass is 10.0. The third kappa shape index (κ3) is 2.77. The maximum atomic E-state index is 12.1. The predicted molar refractivity (Wildman–Crippen MR) is 76.0 cm³/mol. The van der Waals surface area contributed by atoms with Gasteiger partial charge in [0.05, 0.1) is 18.9 Å². The van der Waals surface area contributed by atoms with Gasteiger partial charge < -0.3 is 14.2 Å². The zero-order valence-corrected chi connectivity index (χ0v) is 12.4. The Balaban J connectivity index is 2.03. The van der Waals surface area contributed by atoms with E-state index in [9.17, 15) is 9.59 Å². The number of hydrogen-bond donors (Lipinski definition) is 0. The van der Waals surface area contributed by atoms with Crippen molar-refractivity contribution in [1.82, 2.24) is 9.47 Å². The van der Waals surface area contributed by atoms with E-state index in [0.717, 1.165) is 23.1 Å². The summed E-state index contributed by atoms with van der Waals surface area (Å²) in [5.74, 6) is 0.170. The average Bonchev–Trinajstić information content (AvgIpc) is 2.68. The molecule has 20 heavy (non-hydrogen) atoms. The summed E-state index contributed by atoms with van der Waals surface area (Å²) in [4.78, 5) is 25.1. The number of carbonyl (C=O) groups is 2. The first-order valence-electron chi connectivity index (χ1n) is 7.01. The third-order valence-electron chi connectivity index (χ3n) is 4.20. The van der Waals surface area contributed by atoms with Crippen molar-refractivity contribution in [3.8, 4) is 0 Å². The number of rotatable bonds is 4. The molecule has 110 valence electrons. The Bertz CT molecular complexity index is 514. The molecule has 2 heterocycles. The lowest BCUT2D eigenvalue weighted by Gasteiger charge is -2.26. The van der Waals surface area contributed by atoms with Crippen molar-refractivity contribution < 1.29 is 14.3 Å². The molecule has 1 aliphatic rings. The largest absolute Gasteiger partial charge is 0.378 e. The van der Waals surface area contributed by atoms with Gasteiger partial charge >= 0.3 is 0 Å². The predicted octanol–water partition coefficient (Wildman–Crippen LogP) is 1.25. The van der Waals surface area contributed by atoms with Gasteiger partial charge in [0, 0.05) is 32.3 Å². The number of amides is 1. The summed E-state index contributed by atoms with van der Waals surface area (Å²) < 4.78 is 7.15. The van der Waals surface area contributed by atoms with Crippen molar-refractivity contribution in [3.63, 3.8) is 0 Å². The van der Waals surface area contributed by atoms with E-state index in [2.05, 4.69) is 0 Å². The highest BCUT2D eigenvalue weighted by Crippen LogP contribution is 2.21. The zero-order valence-electron chi connectivity index (χ0n) is 12.4. The fourth-order valence-corrected chi connectivity index (χ4v) is 2.80. The standard InChI is InChI=1S/C15H22N2O3/c1-11-13(12(2)16(3)14(11)10-18)4-5-15(19)17-6-8-20-9-7-17/h10H,4-9H2,1-3H3. The number of aldehydes is 1.